The molecule has 2 aromatic rings. The number of rotatable bonds is 2. The van der Waals surface area contributed by atoms with Gasteiger partial charge in [0.05, 0.1) is 5.41 Å². The summed E-state index contributed by atoms with van der Waals surface area (Å²) in [5.41, 5.74) is 0.406. The van der Waals surface area contributed by atoms with Crippen molar-refractivity contribution in [1.29, 1.82) is 0 Å². The van der Waals surface area contributed by atoms with Gasteiger partial charge in [0, 0.05) is 25.5 Å². The number of carboxylic acids is 1. The Morgan fingerprint density at radius 2 is 2.00 bits per heavy atom. The predicted octanol–water partition coefficient (Wildman–Crippen LogP) is 1.66. The zero-order valence-electron chi connectivity index (χ0n) is 11.8. The van der Waals surface area contributed by atoms with E-state index in [2.05, 4.69) is 4.98 Å². The number of aliphatic carboxylic acids is 1. The zero-order valence-corrected chi connectivity index (χ0v) is 11.8. The lowest BCUT2D eigenvalue weighted by Gasteiger charge is -2.36. The Bertz CT molecular complexity index is 666. The standard InChI is InChI=1S/C15H17N3O3/c1-15(14(20)21)5-8-17(9-6-15)13(19)11-10-18-7-3-2-4-12(18)16-11/h2-4,7,10H,5-6,8-9H2,1H3,(H,20,21). The molecule has 0 spiro atoms. The van der Waals surface area contributed by atoms with Crippen LogP contribution in [0.25, 0.3) is 5.65 Å². The van der Waals surface area contributed by atoms with E-state index in [0.717, 1.165) is 5.65 Å². The van der Waals surface area contributed by atoms with Crippen molar-refractivity contribution >= 4 is 17.5 Å². The van der Waals surface area contributed by atoms with E-state index < -0.39 is 11.4 Å². The van der Waals surface area contributed by atoms with Crippen molar-refractivity contribution in [2.45, 2.75) is 19.8 Å². The summed E-state index contributed by atoms with van der Waals surface area (Å²) in [4.78, 5) is 29.7. The van der Waals surface area contributed by atoms with Gasteiger partial charge in [0.1, 0.15) is 11.3 Å². The molecule has 0 bridgehead atoms. The van der Waals surface area contributed by atoms with Gasteiger partial charge >= 0.3 is 5.97 Å². The van der Waals surface area contributed by atoms with E-state index in [1.54, 1.807) is 22.4 Å². The summed E-state index contributed by atoms with van der Waals surface area (Å²) >= 11 is 0. The van der Waals surface area contributed by atoms with Crippen molar-refractivity contribution < 1.29 is 14.7 Å². The molecule has 2 aromatic heterocycles. The number of aromatic nitrogens is 2. The highest BCUT2D eigenvalue weighted by atomic mass is 16.4. The van der Waals surface area contributed by atoms with Gasteiger partial charge in [-0.25, -0.2) is 4.98 Å². The second-order valence-electron chi connectivity index (χ2n) is 5.75. The van der Waals surface area contributed by atoms with Gasteiger partial charge in [0.25, 0.3) is 5.91 Å². The molecule has 0 atom stereocenters. The summed E-state index contributed by atoms with van der Waals surface area (Å²) in [7, 11) is 0. The molecule has 21 heavy (non-hydrogen) atoms. The molecule has 1 saturated heterocycles. The second-order valence-corrected chi connectivity index (χ2v) is 5.75. The number of hydrogen-bond acceptors (Lipinski definition) is 3. The van der Waals surface area contributed by atoms with Crippen LogP contribution in [0.5, 0.6) is 0 Å². The number of carbonyl (C=O) groups excluding carboxylic acids is 1. The minimum absolute atomic E-state index is 0.133. The van der Waals surface area contributed by atoms with Crippen molar-refractivity contribution in [3.63, 3.8) is 0 Å². The maximum atomic E-state index is 12.5. The Morgan fingerprint density at radius 3 is 2.62 bits per heavy atom. The molecule has 3 rings (SSSR count). The smallest absolute Gasteiger partial charge is 0.309 e. The lowest BCUT2D eigenvalue weighted by atomic mass is 9.80. The molecule has 0 unspecified atom stereocenters. The van der Waals surface area contributed by atoms with E-state index >= 15 is 0 Å². The average molecular weight is 287 g/mol. The van der Waals surface area contributed by atoms with Crippen LogP contribution in [0.15, 0.2) is 30.6 Å². The van der Waals surface area contributed by atoms with Gasteiger partial charge in [-0.1, -0.05) is 6.07 Å². The fraction of sp³-hybridized carbons (Fsp3) is 0.400. The number of piperidine rings is 1. The first kappa shape index (κ1) is 13.6. The number of pyridine rings is 1. The number of carbonyl (C=O) groups is 2. The van der Waals surface area contributed by atoms with Crippen molar-refractivity contribution in [2.24, 2.45) is 5.41 Å². The van der Waals surface area contributed by atoms with Gasteiger partial charge in [0.15, 0.2) is 0 Å². The Balaban J connectivity index is 1.76. The first-order valence-electron chi connectivity index (χ1n) is 6.96. The number of amides is 1. The number of fused-ring (bicyclic) bond motifs is 1. The number of hydrogen-bond donors (Lipinski definition) is 1. The minimum Gasteiger partial charge on any atom is -0.481 e. The average Bonchev–Trinajstić information content (AvgIpc) is 2.91. The maximum Gasteiger partial charge on any atom is 0.309 e. The van der Waals surface area contributed by atoms with Gasteiger partial charge in [-0.05, 0) is 31.9 Å². The topological polar surface area (TPSA) is 74.9 Å². The molecule has 0 aliphatic carbocycles. The van der Waals surface area contributed by atoms with Crippen molar-refractivity contribution in [3.8, 4) is 0 Å². The Labute approximate surface area is 122 Å². The van der Waals surface area contributed by atoms with E-state index in [1.807, 2.05) is 24.4 Å². The van der Waals surface area contributed by atoms with Crippen LogP contribution in [0.3, 0.4) is 0 Å². The Hall–Kier alpha value is -2.37. The summed E-state index contributed by atoms with van der Waals surface area (Å²) in [5, 5.41) is 9.22. The first-order valence-corrected chi connectivity index (χ1v) is 6.96. The van der Waals surface area contributed by atoms with E-state index in [0.29, 0.717) is 31.6 Å². The molecule has 1 aliphatic heterocycles. The molecule has 1 aliphatic rings. The molecule has 1 N–H and O–H groups in total. The fourth-order valence-electron chi connectivity index (χ4n) is 2.62. The highest BCUT2D eigenvalue weighted by Crippen LogP contribution is 2.31. The molecule has 6 nitrogen and oxygen atoms in total. The number of imidazole rings is 1. The highest BCUT2D eigenvalue weighted by Gasteiger charge is 2.38. The lowest BCUT2D eigenvalue weighted by Crippen LogP contribution is -2.45. The van der Waals surface area contributed by atoms with E-state index in [-0.39, 0.29) is 5.91 Å². The predicted molar refractivity (Wildman–Crippen MR) is 76.1 cm³/mol. The van der Waals surface area contributed by atoms with Crippen LogP contribution in [-0.4, -0.2) is 44.4 Å². The summed E-state index contributed by atoms with van der Waals surface area (Å²) in [6, 6.07) is 5.59. The number of likely N-dealkylation sites (tertiary alicyclic amines) is 1. The molecule has 0 radical (unpaired) electrons. The SMILES string of the molecule is CC1(C(=O)O)CCN(C(=O)c2cn3ccccc3n2)CC1. The highest BCUT2D eigenvalue weighted by molar-refractivity contribution is 5.93. The van der Waals surface area contributed by atoms with Crippen LogP contribution in [0.4, 0.5) is 0 Å². The van der Waals surface area contributed by atoms with Gasteiger partial charge < -0.3 is 14.4 Å². The van der Waals surface area contributed by atoms with Crippen molar-refractivity contribution in [2.75, 3.05) is 13.1 Å². The van der Waals surface area contributed by atoms with Gasteiger partial charge in [-0.15, -0.1) is 0 Å². The van der Waals surface area contributed by atoms with Crippen LogP contribution in [0, 0.1) is 5.41 Å². The molecule has 1 amide bonds. The van der Waals surface area contributed by atoms with Crippen molar-refractivity contribution in [1.82, 2.24) is 14.3 Å². The third kappa shape index (κ3) is 2.37. The molecule has 6 heteroatoms. The molecular formula is C15H17N3O3. The van der Waals surface area contributed by atoms with E-state index in [9.17, 15) is 14.7 Å². The fourth-order valence-corrected chi connectivity index (χ4v) is 2.62. The Kier molecular flexibility index (Phi) is 3.16. The van der Waals surface area contributed by atoms with Gasteiger partial charge in [0.2, 0.25) is 0 Å². The molecule has 0 aromatic carbocycles. The van der Waals surface area contributed by atoms with Crippen LogP contribution in [0.1, 0.15) is 30.3 Å². The van der Waals surface area contributed by atoms with Crippen LogP contribution >= 0.6 is 0 Å². The summed E-state index contributed by atoms with van der Waals surface area (Å²) in [5.74, 6) is -0.923. The van der Waals surface area contributed by atoms with Crippen molar-refractivity contribution in [3.05, 3.63) is 36.3 Å². The third-order valence-electron chi connectivity index (χ3n) is 4.25. The quantitative estimate of drug-likeness (QED) is 0.911. The number of nitrogens with zero attached hydrogens (tertiary/aromatic N) is 3. The van der Waals surface area contributed by atoms with E-state index in [4.69, 9.17) is 0 Å². The number of carboxylic acid groups (broad SMARTS) is 1. The Morgan fingerprint density at radius 1 is 1.29 bits per heavy atom. The maximum absolute atomic E-state index is 12.5. The molecule has 0 saturated carbocycles. The largest absolute Gasteiger partial charge is 0.481 e. The van der Waals surface area contributed by atoms with E-state index in [1.165, 1.54) is 0 Å². The summed E-state index contributed by atoms with van der Waals surface area (Å²) in [6.45, 7) is 2.65. The molecule has 1 fully saturated rings. The normalized spacial score (nSPS) is 17.9. The molecular weight excluding hydrogens is 270 g/mol. The summed E-state index contributed by atoms with van der Waals surface area (Å²) in [6.07, 6.45) is 4.50. The van der Waals surface area contributed by atoms with Crippen LogP contribution in [0.2, 0.25) is 0 Å². The minimum atomic E-state index is -0.790. The lowest BCUT2D eigenvalue weighted by molar-refractivity contribution is -0.150. The van der Waals surface area contributed by atoms with Gasteiger partial charge in [-0.2, -0.15) is 0 Å². The monoisotopic (exact) mass is 287 g/mol. The van der Waals surface area contributed by atoms with Gasteiger partial charge in [-0.3, -0.25) is 9.59 Å². The zero-order chi connectivity index (χ0) is 15.0. The summed E-state index contributed by atoms with van der Waals surface area (Å²) < 4.78 is 1.80. The van der Waals surface area contributed by atoms with Crippen LogP contribution < -0.4 is 0 Å². The van der Waals surface area contributed by atoms with Crippen LogP contribution in [-0.2, 0) is 4.79 Å². The molecule has 3 heterocycles. The first-order chi connectivity index (χ1) is 9.99. The second kappa shape index (κ2) is 4.87. The third-order valence-corrected chi connectivity index (χ3v) is 4.25. The molecule has 110 valence electrons.